The number of hydrogen-bond donors (Lipinski definition) is 1. The van der Waals surface area contributed by atoms with Crippen molar-refractivity contribution in [3.05, 3.63) is 62.9 Å². The molecule has 1 aliphatic heterocycles. The Bertz CT molecular complexity index is 1030. The highest BCUT2D eigenvalue weighted by atomic mass is 35.5. The van der Waals surface area contributed by atoms with Gasteiger partial charge >= 0.3 is 0 Å². The third-order valence-electron chi connectivity index (χ3n) is 6.75. The fraction of sp³-hybridized carbons (Fsp3) is 0.500. The summed E-state index contributed by atoms with van der Waals surface area (Å²) in [5, 5.41) is 1.35. The van der Waals surface area contributed by atoms with Gasteiger partial charge in [0.15, 0.2) is 0 Å². The number of carbonyl (C=O) groups excluding carboxylic acids is 1. The summed E-state index contributed by atoms with van der Waals surface area (Å²) in [5.41, 5.74) is 2.14. The molecule has 0 aromatic heterocycles. The number of carbonyl (C=O) groups is 1. The molecule has 4 rings (SSSR count). The molecule has 2 fully saturated rings. The first kappa shape index (κ1) is 25.6. The van der Waals surface area contributed by atoms with Crippen molar-refractivity contribution in [2.24, 2.45) is 5.92 Å². The molecule has 1 amide bonds. The van der Waals surface area contributed by atoms with E-state index in [4.69, 9.17) is 27.9 Å². The molecule has 1 saturated heterocycles. The standard InChI is InChI=1S/C26H31Cl2FN2O2S/c1-3-34-30-26(32)22-13-21(18-4-5-18)25(14-24(22)29)33-15-17-8-10-31(11-9-17)16(2)20-7-6-19(27)12-23(20)28/h6-7,12-14,16-18H,3-5,8-11,15H2,1-2H3,(H,30,32). The first-order valence-corrected chi connectivity index (χ1v) is 13.7. The molecule has 1 aliphatic carbocycles. The minimum absolute atomic E-state index is 0.0957. The fourth-order valence-corrected chi connectivity index (χ4v) is 5.48. The smallest absolute Gasteiger partial charge is 0.264 e. The summed E-state index contributed by atoms with van der Waals surface area (Å²) in [6.07, 6.45) is 4.11. The average molecular weight is 526 g/mol. The van der Waals surface area contributed by atoms with Crippen LogP contribution in [-0.4, -0.2) is 36.3 Å². The van der Waals surface area contributed by atoms with Crippen LogP contribution < -0.4 is 9.46 Å². The Labute approximate surface area is 215 Å². The molecule has 8 heteroatoms. The van der Waals surface area contributed by atoms with Crippen molar-refractivity contribution in [2.75, 3.05) is 25.4 Å². The van der Waals surface area contributed by atoms with Gasteiger partial charge < -0.3 is 4.74 Å². The maximum atomic E-state index is 14.7. The molecule has 2 aliphatic rings. The summed E-state index contributed by atoms with van der Waals surface area (Å²) < 4.78 is 23.6. The van der Waals surface area contributed by atoms with Crippen LogP contribution in [0.4, 0.5) is 4.39 Å². The van der Waals surface area contributed by atoms with E-state index in [0.29, 0.717) is 34.2 Å². The van der Waals surface area contributed by atoms with Gasteiger partial charge in [0.1, 0.15) is 11.6 Å². The summed E-state index contributed by atoms with van der Waals surface area (Å²) >= 11 is 13.7. The van der Waals surface area contributed by atoms with Crippen LogP contribution in [0.15, 0.2) is 30.3 Å². The first-order valence-electron chi connectivity index (χ1n) is 11.9. The second-order valence-electron chi connectivity index (χ2n) is 9.14. The van der Waals surface area contributed by atoms with Crippen LogP contribution >= 0.6 is 35.1 Å². The Morgan fingerprint density at radius 2 is 1.94 bits per heavy atom. The van der Waals surface area contributed by atoms with Gasteiger partial charge in [-0.2, -0.15) is 0 Å². The highest BCUT2D eigenvalue weighted by Gasteiger charge is 2.30. The molecule has 1 heterocycles. The zero-order chi connectivity index (χ0) is 24.2. The Kier molecular flexibility index (Phi) is 8.67. The predicted molar refractivity (Wildman–Crippen MR) is 139 cm³/mol. The average Bonchev–Trinajstić information content (AvgIpc) is 3.66. The van der Waals surface area contributed by atoms with E-state index in [1.54, 1.807) is 12.1 Å². The fourth-order valence-electron chi connectivity index (χ4n) is 4.53. The molecule has 34 heavy (non-hydrogen) atoms. The van der Waals surface area contributed by atoms with Crippen LogP contribution in [0.25, 0.3) is 0 Å². The lowest BCUT2D eigenvalue weighted by atomic mass is 9.95. The Hall–Kier alpha value is -1.47. The number of hydrogen-bond acceptors (Lipinski definition) is 4. The summed E-state index contributed by atoms with van der Waals surface area (Å²) in [5.74, 6) is 1.16. The number of nitrogens with one attached hydrogen (secondary N) is 1. The molecule has 2 aromatic carbocycles. The molecule has 4 nitrogen and oxygen atoms in total. The molecular weight excluding hydrogens is 494 g/mol. The molecular formula is C26H31Cl2FN2O2S. The second-order valence-corrected chi connectivity index (χ2v) is 11.1. The number of nitrogens with zero attached hydrogens (tertiary/aromatic N) is 1. The van der Waals surface area contributed by atoms with Crippen molar-refractivity contribution in [1.29, 1.82) is 0 Å². The van der Waals surface area contributed by atoms with E-state index in [1.165, 1.54) is 18.0 Å². The van der Waals surface area contributed by atoms with Crippen LogP contribution in [-0.2, 0) is 0 Å². The number of ether oxygens (including phenoxy) is 1. The van der Waals surface area contributed by atoms with Gasteiger partial charge in [-0.3, -0.25) is 14.4 Å². The number of halogens is 3. The lowest BCUT2D eigenvalue weighted by Gasteiger charge is -2.36. The summed E-state index contributed by atoms with van der Waals surface area (Å²) in [7, 11) is 0. The van der Waals surface area contributed by atoms with Crippen molar-refractivity contribution < 1.29 is 13.9 Å². The van der Waals surface area contributed by atoms with Crippen molar-refractivity contribution in [3.8, 4) is 5.75 Å². The van der Waals surface area contributed by atoms with Crippen molar-refractivity contribution >= 4 is 41.1 Å². The van der Waals surface area contributed by atoms with Crippen molar-refractivity contribution in [2.45, 2.75) is 51.5 Å². The highest BCUT2D eigenvalue weighted by molar-refractivity contribution is 7.97. The molecule has 2 aromatic rings. The Morgan fingerprint density at radius 1 is 1.21 bits per heavy atom. The predicted octanol–water partition coefficient (Wildman–Crippen LogP) is 7.26. The van der Waals surface area contributed by atoms with Gasteiger partial charge in [-0.1, -0.05) is 48.1 Å². The lowest BCUT2D eigenvalue weighted by Crippen LogP contribution is -2.37. The van der Waals surface area contributed by atoms with E-state index in [1.807, 2.05) is 19.1 Å². The SMILES string of the molecule is CCSNC(=O)c1cc(C2CC2)c(OCC2CCN(C(C)c3ccc(Cl)cc3Cl)CC2)cc1F. The first-order chi connectivity index (χ1) is 16.4. The molecule has 0 bridgehead atoms. The summed E-state index contributed by atoms with van der Waals surface area (Å²) in [4.78, 5) is 14.8. The van der Waals surface area contributed by atoms with E-state index in [-0.39, 0.29) is 17.5 Å². The quantitative estimate of drug-likeness (QED) is 0.350. The van der Waals surface area contributed by atoms with Gasteiger partial charge in [0, 0.05) is 27.9 Å². The topological polar surface area (TPSA) is 41.6 Å². The van der Waals surface area contributed by atoms with Gasteiger partial charge in [-0.05, 0) is 86.9 Å². The third kappa shape index (κ3) is 6.20. The molecule has 1 unspecified atom stereocenters. The largest absolute Gasteiger partial charge is 0.493 e. The number of amides is 1. The summed E-state index contributed by atoms with van der Waals surface area (Å²) in [6, 6.07) is 8.99. The number of benzene rings is 2. The zero-order valence-corrected chi connectivity index (χ0v) is 21.9. The summed E-state index contributed by atoms with van der Waals surface area (Å²) in [6.45, 7) is 6.57. The minimum Gasteiger partial charge on any atom is -0.493 e. The van der Waals surface area contributed by atoms with E-state index < -0.39 is 5.82 Å². The number of piperidine rings is 1. The molecule has 0 radical (unpaired) electrons. The van der Waals surface area contributed by atoms with E-state index in [2.05, 4.69) is 16.5 Å². The van der Waals surface area contributed by atoms with Gasteiger partial charge in [0.25, 0.3) is 5.91 Å². The monoisotopic (exact) mass is 524 g/mol. The van der Waals surface area contributed by atoms with Gasteiger partial charge in [-0.25, -0.2) is 4.39 Å². The minimum atomic E-state index is -0.530. The van der Waals surface area contributed by atoms with Crippen LogP contribution in [0, 0.1) is 11.7 Å². The second kappa shape index (κ2) is 11.5. The van der Waals surface area contributed by atoms with Crippen molar-refractivity contribution in [3.63, 3.8) is 0 Å². The Morgan fingerprint density at radius 3 is 2.59 bits per heavy atom. The van der Waals surface area contributed by atoms with Gasteiger partial charge in [-0.15, -0.1) is 0 Å². The molecule has 0 spiro atoms. The Balaban J connectivity index is 1.35. The lowest BCUT2D eigenvalue weighted by molar-refractivity contribution is 0.0980. The molecule has 184 valence electrons. The van der Waals surface area contributed by atoms with Gasteiger partial charge in [0.05, 0.1) is 12.2 Å². The highest BCUT2D eigenvalue weighted by Crippen LogP contribution is 2.45. The normalized spacial score (nSPS) is 18.0. The maximum Gasteiger partial charge on any atom is 0.264 e. The van der Waals surface area contributed by atoms with E-state index in [9.17, 15) is 9.18 Å². The molecule has 1 N–H and O–H groups in total. The van der Waals surface area contributed by atoms with Crippen LogP contribution in [0.1, 0.15) is 73.0 Å². The van der Waals surface area contributed by atoms with Crippen LogP contribution in [0.5, 0.6) is 5.75 Å². The van der Waals surface area contributed by atoms with E-state index >= 15 is 0 Å². The number of rotatable bonds is 9. The number of likely N-dealkylation sites (tertiary alicyclic amines) is 1. The third-order valence-corrected chi connectivity index (χ3v) is 7.94. The molecule has 1 saturated carbocycles. The van der Waals surface area contributed by atoms with E-state index in [0.717, 1.165) is 55.7 Å². The maximum absolute atomic E-state index is 14.7. The van der Waals surface area contributed by atoms with Crippen LogP contribution in [0.2, 0.25) is 10.0 Å². The van der Waals surface area contributed by atoms with Crippen LogP contribution in [0.3, 0.4) is 0 Å². The molecule has 1 atom stereocenters. The zero-order valence-electron chi connectivity index (χ0n) is 19.6. The van der Waals surface area contributed by atoms with Crippen molar-refractivity contribution in [1.82, 2.24) is 9.62 Å². The van der Waals surface area contributed by atoms with Gasteiger partial charge in [0.2, 0.25) is 0 Å².